The van der Waals surface area contributed by atoms with Gasteiger partial charge < -0.3 is 10.5 Å². The van der Waals surface area contributed by atoms with Crippen LogP contribution in [0, 0.1) is 11.7 Å². The van der Waals surface area contributed by atoms with E-state index in [0.717, 1.165) is 17.7 Å². The molecular formula is C12H14FNO. The molecule has 1 aromatic rings. The fourth-order valence-electron chi connectivity index (χ4n) is 2.26. The van der Waals surface area contributed by atoms with Crippen LogP contribution in [0.25, 0.3) is 0 Å². The second kappa shape index (κ2) is 3.20. The van der Waals surface area contributed by atoms with E-state index in [0.29, 0.717) is 5.92 Å². The van der Waals surface area contributed by atoms with Gasteiger partial charge in [-0.25, -0.2) is 4.39 Å². The van der Waals surface area contributed by atoms with Gasteiger partial charge in [0.05, 0.1) is 0 Å². The summed E-state index contributed by atoms with van der Waals surface area (Å²) in [4.78, 5) is 0. The average Bonchev–Trinajstić information content (AvgIpc) is 3.02. The molecule has 1 saturated carbocycles. The van der Waals surface area contributed by atoms with E-state index < -0.39 is 0 Å². The van der Waals surface area contributed by atoms with Crippen LogP contribution < -0.4 is 10.5 Å². The van der Waals surface area contributed by atoms with Gasteiger partial charge in [0, 0.05) is 18.0 Å². The maximum atomic E-state index is 13.0. The number of ether oxygens (including phenoxy) is 1. The van der Waals surface area contributed by atoms with Crippen molar-refractivity contribution >= 4 is 0 Å². The minimum absolute atomic E-state index is 0.0740. The van der Waals surface area contributed by atoms with Crippen LogP contribution in [0.2, 0.25) is 0 Å². The van der Waals surface area contributed by atoms with Crippen LogP contribution in [0.1, 0.15) is 30.9 Å². The summed E-state index contributed by atoms with van der Waals surface area (Å²) in [7, 11) is 0. The first-order valence-electron chi connectivity index (χ1n) is 5.46. The van der Waals surface area contributed by atoms with E-state index in [1.54, 1.807) is 6.07 Å². The molecule has 1 aromatic carbocycles. The summed E-state index contributed by atoms with van der Waals surface area (Å²) in [5, 5.41) is 0. The van der Waals surface area contributed by atoms with Crippen LogP contribution in [0.5, 0.6) is 5.75 Å². The fraction of sp³-hybridized carbons (Fsp3) is 0.500. The van der Waals surface area contributed by atoms with Crippen LogP contribution in [0.4, 0.5) is 4.39 Å². The standard InChI is InChI=1S/C12H14FNO/c13-8-3-4-11-9(5-8)10(14)6-12(15-11)7-1-2-7/h3-5,7,10,12H,1-2,6,14H2/t10-,12?/m0/s1. The largest absolute Gasteiger partial charge is 0.490 e. The van der Waals surface area contributed by atoms with Gasteiger partial charge in [0.25, 0.3) is 0 Å². The number of benzene rings is 1. The zero-order valence-electron chi connectivity index (χ0n) is 8.45. The molecule has 1 heterocycles. The van der Waals surface area contributed by atoms with Gasteiger partial charge >= 0.3 is 0 Å². The molecule has 80 valence electrons. The van der Waals surface area contributed by atoms with Gasteiger partial charge in [-0.1, -0.05) is 0 Å². The summed E-state index contributed by atoms with van der Waals surface area (Å²) < 4.78 is 18.9. The van der Waals surface area contributed by atoms with Crippen molar-refractivity contribution in [2.75, 3.05) is 0 Å². The number of hydrogen-bond acceptors (Lipinski definition) is 2. The van der Waals surface area contributed by atoms with Gasteiger partial charge in [0.15, 0.2) is 0 Å². The Morgan fingerprint density at radius 3 is 2.87 bits per heavy atom. The van der Waals surface area contributed by atoms with Crippen molar-refractivity contribution in [1.82, 2.24) is 0 Å². The minimum atomic E-state index is -0.238. The van der Waals surface area contributed by atoms with E-state index in [9.17, 15) is 4.39 Å². The first-order chi connectivity index (χ1) is 7.24. The predicted octanol–water partition coefficient (Wildman–Crippen LogP) is 2.39. The summed E-state index contributed by atoms with van der Waals surface area (Å²) in [6.45, 7) is 0. The monoisotopic (exact) mass is 207 g/mol. The van der Waals surface area contributed by atoms with E-state index in [4.69, 9.17) is 10.5 Å². The zero-order valence-corrected chi connectivity index (χ0v) is 8.45. The Morgan fingerprint density at radius 2 is 2.13 bits per heavy atom. The van der Waals surface area contributed by atoms with E-state index in [2.05, 4.69) is 0 Å². The van der Waals surface area contributed by atoms with Crippen molar-refractivity contribution in [3.05, 3.63) is 29.6 Å². The minimum Gasteiger partial charge on any atom is -0.490 e. The molecule has 2 N–H and O–H groups in total. The number of halogens is 1. The lowest BCUT2D eigenvalue weighted by molar-refractivity contribution is 0.138. The lowest BCUT2D eigenvalue weighted by Gasteiger charge is -2.30. The molecule has 1 fully saturated rings. The summed E-state index contributed by atoms with van der Waals surface area (Å²) in [6.07, 6.45) is 3.56. The first kappa shape index (κ1) is 9.16. The Balaban J connectivity index is 1.93. The summed E-state index contributed by atoms with van der Waals surface area (Å²) in [6, 6.07) is 4.54. The molecular weight excluding hydrogens is 193 g/mol. The molecule has 3 heteroatoms. The maximum absolute atomic E-state index is 13.0. The molecule has 1 aliphatic heterocycles. The highest BCUT2D eigenvalue weighted by Gasteiger charge is 2.37. The van der Waals surface area contributed by atoms with Crippen molar-refractivity contribution in [1.29, 1.82) is 0 Å². The quantitative estimate of drug-likeness (QED) is 0.767. The van der Waals surface area contributed by atoms with Crippen LogP contribution in [-0.2, 0) is 0 Å². The highest BCUT2D eigenvalue weighted by atomic mass is 19.1. The van der Waals surface area contributed by atoms with E-state index in [1.807, 2.05) is 0 Å². The maximum Gasteiger partial charge on any atom is 0.124 e. The number of hydrogen-bond donors (Lipinski definition) is 1. The molecule has 0 amide bonds. The van der Waals surface area contributed by atoms with Crippen LogP contribution >= 0.6 is 0 Å². The Hall–Kier alpha value is -1.09. The van der Waals surface area contributed by atoms with E-state index in [1.165, 1.54) is 25.0 Å². The smallest absolute Gasteiger partial charge is 0.124 e. The van der Waals surface area contributed by atoms with Gasteiger partial charge in [0.1, 0.15) is 17.7 Å². The van der Waals surface area contributed by atoms with Crippen molar-refractivity contribution in [2.24, 2.45) is 11.7 Å². The lowest BCUT2D eigenvalue weighted by atomic mass is 9.95. The van der Waals surface area contributed by atoms with Gasteiger partial charge in [0.2, 0.25) is 0 Å². The normalized spacial score (nSPS) is 29.5. The molecule has 1 aliphatic carbocycles. The van der Waals surface area contributed by atoms with Gasteiger partial charge in [-0.2, -0.15) is 0 Å². The molecule has 0 aromatic heterocycles. The third-order valence-electron chi connectivity index (χ3n) is 3.28. The zero-order chi connectivity index (χ0) is 10.4. The molecule has 0 bridgehead atoms. The molecule has 15 heavy (non-hydrogen) atoms. The topological polar surface area (TPSA) is 35.2 Å². The second-order valence-corrected chi connectivity index (χ2v) is 4.52. The van der Waals surface area contributed by atoms with Gasteiger partial charge in [-0.05, 0) is 37.0 Å². The third kappa shape index (κ3) is 1.61. The highest BCUT2D eigenvalue weighted by molar-refractivity contribution is 5.38. The Labute approximate surface area is 88.2 Å². The fourth-order valence-corrected chi connectivity index (χ4v) is 2.26. The molecule has 0 saturated heterocycles. The number of fused-ring (bicyclic) bond motifs is 1. The third-order valence-corrected chi connectivity index (χ3v) is 3.28. The Bertz CT molecular complexity index is 389. The second-order valence-electron chi connectivity index (χ2n) is 4.52. The summed E-state index contributed by atoms with van der Waals surface area (Å²) >= 11 is 0. The number of rotatable bonds is 1. The molecule has 1 unspecified atom stereocenters. The molecule has 2 atom stereocenters. The highest BCUT2D eigenvalue weighted by Crippen LogP contribution is 2.43. The SMILES string of the molecule is N[C@H]1CC(C2CC2)Oc2ccc(F)cc21. The summed E-state index contributed by atoms with van der Waals surface area (Å²) in [5.41, 5.74) is 6.84. The van der Waals surface area contributed by atoms with E-state index in [-0.39, 0.29) is 18.0 Å². The summed E-state index contributed by atoms with van der Waals surface area (Å²) in [5.74, 6) is 1.21. The first-order valence-corrected chi connectivity index (χ1v) is 5.46. The molecule has 0 spiro atoms. The number of nitrogens with two attached hydrogens (primary N) is 1. The Morgan fingerprint density at radius 1 is 1.33 bits per heavy atom. The van der Waals surface area contributed by atoms with Crippen LogP contribution in [0.15, 0.2) is 18.2 Å². The van der Waals surface area contributed by atoms with Crippen LogP contribution in [-0.4, -0.2) is 6.10 Å². The average molecular weight is 207 g/mol. The van der Waals surface area contributed by atoms with Crippen molar-refractivity contribution < 1.29 is 9.13 Å². The van der Waals surface area contributed by atoms with Gasteiger partial charge in [-0.3, -0.25) is 0 Å². The molecule has 2 aliphatic rings. The van der Waals surface area contributed by atoms with Crippen LogP contribution in [0.3, 0.4) is 0 Å². The lowest BCUT2D eigenvalue weighted by Crippen LogP contribution is -2.31. The Kier molecular flexibility index (Phi) is 1.96. The predicted molar refractivity (Wildman–Crippen MR) is 55.1 cm³/mol. The molecule has 0 radical (unpaired) electrons. The van der Waals surface area contributed by atoms with Gasteiger partial charge in [-0.15, -0.1) is 0 Å². The van der Waals surface area contributed by atoms with Crippen molar-refractivity contribution in [2.45, 2.75) is 31.4 Å². The molecule has 2 nitrogen and oxygen atoms in total. The van der Waals surface area contributed by atoms with E-state index >= 15 is 0 Å². The molecule has 3 rings (SSSR count). The van der Waals surface area contributed by atoms with Crippen molar-refractivity contribution in [3.8, 4) is 5.75 Å². The van der Waals surface area contributed by atoms with Crippen molar-refractivity contribution in [3.63, 3.8) is 0 Å².